The first-order valence-corrected chi connectivity index (χ1v) is 6.91. The summed E-state index contributed by atoms with van der Waals surface area (Å²) in [5, 5.41) is 11.9. The third kappa shape index (κ3) is 3.11. The van der Waals surface area contributed by atoms with E-state index in [1.807, 2.05) is 0 Å². The van der Waals surface area contributed by atoms with Crippen LogP contribution in [0.5, 0.6) is 0 Å². The van der Waals surface area contributed by atoms with Crippen molar-refractivity contribution in [2.75, 3.05) is 0 Å². The minimum atomic E-state index is 0.594. The van der Waals surface area contributed by atoms with E-state index in [-0.39, 0.29) is 0 Å². The van der Waals surface area contributed by atoms with Crippen LogP contribution in [-0.4, -0.2) is 16.2 Å². The van der Waals surface area contributed by atoms with Crippen LogP contribution in [0.15, 0.2) is 38.8 Å². The molecule has 94 valence electrons. The summed E-state index contributed by atoms with van der Waals surface area (Å²) in [5.74, 6) is 0.600. The lowest BCUT2D eigenvalue weighted by Gasteiger charge is -2.03. The van der Waals surface area contributed by atoms with Gasteiger partial charge in [-0.2, -0.15) is 0 Å². The van der Waals surface area contributed by atoms with E-state index < -0.39 is 0 Å². The van der Waals surface area contributed by atoms with Crippen LogP contribution in [0.3, 0.4) is 0 Å². The summed E-state index contributed by atoms with van der Waals surface area (Å²) >= 11 is 1.49. The molecule has 0 spiro atoms. The fourth-order valence-electron chi connectivity index (χ4n) is 1.65. The second-order valence-electron chi connectivity index (χ2n) is 4.49. The van der Waals surface area contributed by atoms with Crippen molar-refractivity contribution in [2.45, 2.75) is 42.5 Å². The zero-order valence-electron chi connectivity index (χ0n) is 10.2. The topological polar surface area (TPSA) is 51.0 Å². The van der Waals surface area contributed by atoms with Gasteiger partial charge in [0.05, 0.1) is 0 Å². The number of aromatic nitrogens is 2. The molecule has 5 heteroatoms. The van der Waals surface area contributed by atoms with Gasteiger partial charge in [-0.1, -0.05) is 12.1 Å². The fraction of sp³-hybridized carbons (Fsp3) is 0.385. The molecule has 1 fully saturated rings. The largest absolute Gasteiger partial charge is 0.416 e. The average molecular weight is 261 g/mol. The van der Waals surface area contributed by atoms with Crippen LogP contribution in [0.2, 0.25) is 0 Å². The molecule has 4 nitrogen and oxygen atoms in total. The number of hydrogen-bond donors (Lipinski definition) is 1. The van der Waals surface area contributed by atoms with E-state index in [0.29, 0.717) is 11.1 Å². The second kappa shape index (κ2) is 5.12. The summed E-state index contributed by atoms with van der Waals surface area (Å²) in [5.41, 5.74) is 1.31. The molecule has 1 saturated carbocycles. The van der Waals surface area contributed by atoms with E-state index in [9.17, 15) is 0 Å². The molecule has 1 aliphatic rings. The molecule has 1 aliphatic carbocycles. The molecule has 0 amide bonds. The lowest BCUT2D eigenvalue weighted by molar-refractivity contribution is 0.429. The van der Waals surface area contributed by atoms with E-state index in [1.54, 1.807) is 6.92 Å². The molecule has 0 atom stereocenters. The first kappa shape index (κ1) is 11.7. The molecule has 1 aromatic heterocycles. The van der Waals surface area contributed by atoms with E-state index in [0.717, 1.165) is 17.5 Å². The van der Waals surface area contributed by atoms with Gasteiger partial charge in [-0.3, -0.25) is 0 Å². The van der Waals surface area contributed by atoms with Gasteiger partial charge in [-0.15, -0.1) is 10.2 Å². The molecule has 1 N–H and O–H groups in total. The molecule has 0 saturated heterocycles. The molecule has 18 heavy (non-hydrogen) atoms. The van der Waals surface area contributed by atoms with E-state index in [2.05, 4.69) is 39.8 Å². The van der Waals surface area contributed by atoms with E-state index in [1.165, 1.54) is 30.2 Å². The van der Waals surface area contributed by atoms with Crippen LogP contribution in [0, 0.1) is 6.92 Å². The highest BCUT2D eigenvalue weighted by molar-refractivity contribution is 7.99. The Labute approximate surface area is 110 Å². The van der Waals surface area contributed by atoms with E-state index >= 15 is 0 Å². The third-order valence-corrected chi connectivity index (χ3v) is 3.66. The zero-order valence-corrected chi connectivity index (χ0v) is 11.0. The molecule has 1 heterocycles. The quantitative estimate of drug-likeness (QED) is 0.897. The predicted octanol–water partition coefficient (Wildman–Crippen LogP) is 2.78. The molecule has 0 aliphatic heterocycles. The average Bonchev–Trinajstić information content (AvgIpc) is 3.12. The molecular weight excluding hydrogens is 246 g/mol. The van der Waals surface area contributed by atoms with Gasteiger partial charge in [-0.25, -0.2) is 0 Å². The highest BCUT2D eigenvalue weighted by Crippen LogP contribution is 2.26. The summed E-state index contributed by atoms with van der Waals surface area (Å²) in [6, 6.07) is 9.21. The third-order valence-electron chi connectivity index (χ3n) is 2.81. The molecule has 0 unspecified atom stereocenters. The minimum Gasteiger partial charge on any atom is -0.416 e. The van der Waals surface area contributed by atoms with Gasteiger partial charge in [0, 0.05) is 24.4 Å². The minimum absolute atomic E-state index is 0.594. The Bertz CT molecular complexity index is 519. The normalized spacial score (nSPS) is 14.9. The van der Waals surface area contributed by atoms with Crippen molar-refractivity contribution in [1.29, 1.82) is 0 Å². The monoisotopic (exact) mass is 261 g/mol. The van der Waals surface area contributed by atoms with E-state index in [4.69, 9.17) is 4.42 Å². The highest BCUT2D eigenvalue weighted by atomic mass is 32.2. The van der Waals surface area contributed by atoms with Gasteiger partial charge >= 0.3 is 0 Å². The Kier molecular flexibility index (Phi) is 3.34. The predicted molar refractivity (Wildman–Crippen MR) is 69.5 cm³/mol. The maximum Gasteiger partial charge on any atom is 0.281 e. The Balaban J connectivity index is 1.59. The fourth-order valence-corrected chi connectivity index (χ4v) is 2.36. The summed E-state index contributed by atoms with van der Waals surface area (Å²) < 4.78 is 5.33. The Morgan fingerprint density at radius 1 is 1.28 bits per heavy atom. The number of nitrogens with one attached hydrogen (secondary N) is 1. The number of rotatable bonds is 5. The lowest BCUT2D eigenvalue weighted by Crippen LogP contribution is -2.14. The molecular formula is C13H15N3OS. The Morgan fingerprint density at radius 2 is 2.06 bits per heavy atom. The number of aryl methyl sites for hydroxylation is 1. The van der Waals surface area contributed by atoms with Gasteiger partial charge in [0.15, 0.2) is 0 Å². The first-order chi connectivity index (χ1) is 8.79. The number of benzene rings is 1. The van der Waals surface area contributed by atoms with Crippen molar-refractivity contribution in [1.82, 2.24) is 15.5 Å². The van der Waals surface area contributed by atoms with Gasteiger partial charge in [-0.05, 0) is 42.3 Å². The standard InChI is InChI=1S/C13H15N3OS/c1-9-15-16-13(17-9)18-12-6-2-10(3-7-12)8-14-11-4-5-11/h2-3,6-7,11,14H,4-5,8H2,1H3. The number of hydrogen-bond acceptors (Lipinski definition) is 5. The number of nitrogens with zero attached hydrogens (tertiary/aromatic N) is 2. The SMILES string of the molecule is Cc1nnc(Sc2ccc(CNC3CC3)cc2)o1. The van der Waals surface area contributed by atoms with Crippen molar-refractivity contribution in [3.8, 4) is 0 Å². The smallest absolute Gasteiger partial charge is 0.281 e. The first-order valence-electron chi connectivity index (χ1n) is 6.10. The van der Waals surface area contributed by atoms with Crippen LogP contribution in [0.1, 0.15) is 24.3 Å². The molecule has 0 bridgehead atoms. The Hall–Kier alpha value is -1.33. The van der Waals surface area contributed by atoms with Gasteiger partial charge in [0.1, 0.15) is 0 Å². The van der Waals surface area contributed by atoms with Crippen LogP contribution < -0.4 is 5.32 Å². The molecule has 0 radical (unpaired) electrons. The van der Waals surface area contributed by atoms with Crippen LogP contribution in [0.4, 0.5) is 0 Å². The highest BCUT2D eigenvalue weighted by Gasteiger charge is 2.19. The maximum atomic E-state index is 5.33. The summed E-state index contributed by atoms with van der Waals surface area (Å²) in [7, 11) is 0. The van der Waals surface area contributed by atoms with Crippen LogP contribution in [0.25, 0.3) is 0 Å². The van der Waals surface area contributed by atoms with Crippen molar-refractivity contribution in [2.24, 2.45) is 0 Å². The lowest BCUT2D eigenvalue weighted by atomic mass is 10.2. The van der Waals surface area contributed by atoms with Crippen molar-refractivity contribution >= 4 is 11.8 Å². The van der Waals surface area contributed by atoms with Gasteiger partial charge in [0.25, 0.3) is 5.22 Å². The van der Waals surface area contributed by atoms with Gasteiger partial charge < -0.3 is 9.73 Å². The summed E-state index contributed by atoms with van der Waals surface area (Å²) in [6.07, 6.45) is 2.65. The second-order valence-corrected chi connectivity index (χ2v) is 5.51. The summed E-state index contributed by atoms with van der Waals surface area (Å²) in [4.78, 5) is 1.12. The maximum absolute atomic E-state index is 5.33. The van der Waals surface area contributed by atoms with Gasteiger partial charge in [0.2, 0.25) is 5.89 Å². The van der Waals surface area contributed by atoms with Crippen molar-refractivity contribution < 1.29 is 4.42 Å². The molecule has 2 aromatic rings. The molecule has 1 aromatic carbocycles. The van der Waals surface area contributed by atoms with Crippen molar-refractivity contribution in [3.63, 3.8) is 0 Å². The molecule has 3 rings (SSSR count). The zero-order chi connectivity index (χ0) is 12.4. The Morgan fingerprint density at radius 3 is 2.67 bits per heavy atom. The van der Waals surface area contributed by atoms with Crippen LogP contribution >= 0.6 is 11.8 Å². The summed E-state index contributed by atoms with van der Waals surface area (Å²) in [6.45, 7) is 2.75. The van der Waals surface area contributed by atoms with Crippen molar-refractivity contribution in [3.05, 3.63) is 35.7 Å². The van der Waals surface area contributed by atoms with Crippen LogP contribution in [-0.2, 0) is 6.54 Å².